The van der Waals surface area contributed by atoms with Crippen molar-refractivity contribution >= 4 is 27.5 Å². The Kier molecular flexibility index (Phi) is 10.3. The molecule has 0 fully saturated rings. The molecule has 1 N–H and O–H groups in total. The molecular formula is C27H39N3O4S. The highest BCUT2D eigenvalue weighted by Crippen LogP contribution is 2.20. The summed E-state index contributed by atoms with van der Waals surface area (Å²) < 4.78 is 26.2. The molecule has 0 aliphatic heterocycles. The molecule has 0 heterocycles. The molecule has 2 aromatic carbocycles. The predicted octanol–water partition coefficient (Wildman–Crippen LogP) is 4.18. The van der Waals surface area contributed by atoms with Crippen LogP contribution in [-0.4, -0.2) is 50.0 Å². The van der Waals surface area contributed by atoms with Gasteiger partial charge in [-0.1, -0.05) is 48.9 Å². The lowest BCUT2D eigenvalue weighted by Gasteiger charge is -2.30. The highest BCUT2D eigenvalue weighted by atomic mass is 32.2. The highest BCUT2D eigenvalue weighted by molar-refractivity contribution is 7.92. The SMILES string of the molecule is CCC(C)NC(=O)C(C)N(Cc1ccc(C)cc1)C(=O)CCCN(c1cccc(C)c1)S(C)(=O)=O. The van der Waals surface area contributed by atoms with E-state index < -0.39 is 16.1 Å². The van der Waals surface area contributed by atoms with Gasteiger partial charge in [0.1, 0.15) is 6.04 Å². The fourth-order valence-corrected chi connectivity index (χ4v) is 4.68. The number of nitrogens with zero attached hydrogens (tertiary/aromatic N) is 2. The minimum atomic E-state index is -3.51. The van der Waals surface area contributed by atoms with Gasteiger partial charge < -0.3 is 10.2 Å². The lowest BCUT2D eigenvalue weighted by Crippen LogP contribution is -2.49. The Bertz CT molecular complexity index is 1100. The molecule has 2 aromatic rings. The topological polar surface area (TPSA) is 86.8 Å². The molecule has 192 valence electrons. The fraction of sp³-hybridized carbons (Fsp3) is 0.481. The van der Waals surface area contributed by atoms with Crippen molar-refractivity contribution < 1.29 is 18.0 Å². The number of hydrogen-bond donors (Lipinski definition) is 1. The maximum Gasteiger partial charge on any atom is 0.242 e. The molecule has 0 aromatic heterocycles. The Morgan fingerprint density at radius 2 is 1.66 bits per heavy atom. The fourth-order valence-electron chi connectivity index (χ4n) is 3.73. The molecule has 0 spiro atoms. The number of anilines is 1. The number of rotatable bonds is 12. The normalized spacial score (nSPS) is 13.1. The third-order valence-electron chi connectivity index (χ3n) is 6.08. The number of benzene rings is 2. The summed E-state index contributed by atoms with van der Waals surface area (Å²) in [6.45, 7) is 10.1. The van der Waals surface area contributed by atoms with Gasteiger partial charge in [0.25, 0.3) is 0 Å². The second kappa shape index (κ2) is 12.7. The third kappa shape index (κ3) is 8.69. The molecule has 8 heteroatoms. The molecule has 35 heavy (non-hydrogen) atoms. The summed E-state index contributed by atoms with van der Waals surface area (Å²) in [6.07, 6.45) is 2.43. The Balaban J connectivity index is 2.16. The van der Waals surface area contributed by atoms with Crippen molar-refractivity contribution in [1.29, 1.82) is 0 Å². The van der Waals surface area contributed by atoms with Gasteiger partial charge in [0.2, 0.25) is 21.8 Å². The smallest absolute Gasteiger partial charge is 0.242 e. The van der Waals surface area contributed by atoms with Gasteiger partial charge in [-0.25, -0.2) is 8.42 Å². The first-order valence-electron chi connectivity index (χ1n) is 12.1. The van der Waals surface area contributed by atoms with Gasteiger partial charge in [0.15, 0.2) is 0 Å². The molecule has 0 aliphatic rings. The van der Waals surface area contributed by atoms with E-state index in [1.807, 2.05) is 70.2 Å². The zero-order chi connectivity index (χ0) is 26.2. The van der Waals surface area contributed by atoms with E-state index in [9.17, 15) is 18.0 Å². The van der Waals surface area contributed by atoms with Crippen LogP contribution in [0.3, 0.4) is 0 Å². The van der Waals surface area contributed by atoms with Gasteiger partial charge in [0, 0.05) is 25.6 Å². The Morgan fingerprint density at radius 3 is 2.23 bits per heavy atom. The van der Waals surface area contributed by atoms with Crippen molar-refractivity contribution in [2.45, 2.75) is 72.5 Å². The highest BCUT2D eigenvalue weighted by Gasteiger charge is 2.27. The van der Waals surface area contributed by atoms with E-state index in [1.165, 1.54) is 10.6 Å². The van der Waals surface area contributed by atoms with E-state index in [0.717, 1.165) is 23.1 Å². The van der Waals surface area contributed by atoms with Crippen molar-refractivity contribution in [3.05, 3.63) is 65.2 Å². The van der Waals surface area contributed by atoms with Crippen LogP contribution in [0.1, 0.15) is 56.7 Å². The zero-order valence-electron chi connectivity index (χ0n) is 21.7. The lowest BCUT2D eigenvalue weighted by molar-refractivity contribution is -0.140. The van der Waals surface area contributed by atoms with Crippen molar-refractivity contribution in [2.24, 2.45) is 0 Å². The van der Waals surface area contributed by atoms with E-state index in [1.54, 1.807) is 17.9 Å². The average Bonchev–Trinajstić information content (AvgIpc) is 2.79. The summed E-state index contributed by atoms with van der Waals surface area (Å²) in [5.74, 6) is -0.382. The molecule has 0 saturated carbocycles. The number of nitrogens with one attached hydrogen (secondary N) is 1. The summed E-state index contributed by atoms with van der Waals surface area (Å²) in [4.78, 5) is 27.7. The van der Waals surface area contributed by atoms with E-state index >= 15 is 0 Å². The number of carbonyl (C=O) groups is 2. The molecule has 2 rings (SSSR count). The molecule has 7 nitrogen and oxygen atoms in total. The Morgan fingerprint density at radius 1 is 1.00 bits per heavy atom. The van der Waals surface area contributed by atoms with Crippen LogP contribution >= 0.6 is 0 Å². The van der Waals surface area contributed by atoms with Gasteiger partial charge in [-0.05, 0) is 63.8 Å². The number of hydrogen-bond acceptors (Lipinski definition) is 4. The van der Waals surface area contributed by atoms with Crippen LogP contribution in [0.5, 0.6) is 0 Å². The maximum atomic E-state index is 13.3. The quantitative estimate of drug-likeness (QED) is 0.473. The van der Waals surface area contributed by atoms with Gasteiger partial charge in [-0.2, -0.15) is 0 Å². The average molecular weight is 502 g/mol. The third-order valence-corrected chi connectivity index (χ3v) is 7.28. The monoisotopic (exact) mass is 501 g/mol. The number of sulfonamides is 1. The number of aryl methyl sites for hydroxylation is 2. The van der Waals surface area contributed by atoms with Crippen LogP contribution in [0.15, 0.2) is 48.5 Å². The van der Waals surface area contributed by atoms with Crippen LogP contribution in [0, 0.1) is 13.8 Å². The van der Waals surface area contributed by atoms with Crippen LogP contribution < -0.4 is 9.62 Å². The summed E-state index contributed by atoms with van der Waals surface area (Å²) in [7, 11) is -3.51. The van der Waals surface area contributed by atoms with Crippen LogP contribution in [0.2, 0.25) is 0 Å². The van der Waals surface area contributed by atoms with Crippen LogP contribution in [-0.2, 0) is 26.2 Å². The van der Waals surface area contributed by atoms with E-state index in [-0.39, 0.29) is 30.8 Å². The minimum absolute atomic E-state index is 0.0129. The van der Waals surface area contributed by atoms with E-state index in [4.69, 9.17) is 0 Å². The predicted molar refractivity (Wildman–Crippen MR) is 142 cm³/mol. The summed E-state index contributed by atoms with van der Waals surface area (Å²) in [5, 5.41) is 2.96. The summed E-state index contributed by atoms with van der Waals surface area (Å²) in [6, 6.07) is 14.5. The molecular weight excluding hydrogens is 462 g/mol. The first kappa shape index (κ1) is 28.4. The second-order valence-electron chi connectivity index (χ2n) is 9.28. The van der Waals surface area contributed by atoms with E-state index in [2.05, 4.69) is 5.32 Å². The first-order valence-corrected chi connectivity index (χ1v) is 14.0. The number of amides is 2. The van der Waals surface area contributed by atoms with Crippen LogP contribution in [0.4, 0.5) is 5.69 Å². The minimum Gasteiger partial charge on any atom is -0.352 e. The lowest BCUT2D eigenvalue weighted by atomic mass is 10.1. The second-order valence-corrected chi connectivity index (χ2v) is 11.2. The summed E-state index contributed by atoms with van der Waals surface area (Å²) in [5.41, 5.74) is 3.59. The molecule has 0 radical (unpaired) electrons. The number of carbonyl (C=O) groups excluding carboxylic acids is 2. The van der Waals surface area contributed by atoms with Crippen molar-refractivity contribution in [3.8, 4) is 0 Å². The first-order chi connectivity index (χ1) is 16.4. The van der Waals surface area contributed by atoms with Gasteiger partial charge in [-0.3, -0.25) is 13.9 Å². The molecule has 0 saturated heterocycles. The largest absolute Gasteiger partial charge is 0.352 e. The zero-order valence-corrected chi connectivity index (χ0v) is 22.6. The molecule has 0 aliphatic carbocycles. The van der Waals surface area contributed by atoms with Crippen LogP contribution in [0.25, 0.3) is 0 Å². The van der Waals surface area contributed by atoms with E-state index in [0.29, 0.717) is 18.7 Å². The molecule has 2 amide bonds. The van der Waals surface area contributed by atoms with Crippen molar-refractivity contribution in [2.75, 3.05) is 17.1 Å². The van der Waals surface area contributed by atoms with Gasteiger partial charge in [-0.15, -0.1) is 0 Å². The molecule has 2 atom stereocenters. The molecule has 2 unspecified atom stereocenters. The Hall–Kier alpha value is -2.87. The Labute approximate surface area is 210 Å². The van der Waals surface area contributed by atoms with Gasteiger partial charge >= 0.3 is 0 Å². The van der Waals surface area contributed by atoms with Crippen molar-refractivity contribution in [1.82, 2.24) is 10.2 Å². The van der Waals surface area contributed by atoms with Crippen molar-refractivity contribution in [3.63, 3.8) is 0 Å². The molecule has 0 bridgehead atoms. The van der Waals surface area contributed by atoms with Gasteiger partial charge in [0.05, 0.1) is 11.9 Å². The maximum absolute atomic E-state index is 13.3. The summed E-state index contributed by atoms with van der Waals surface area (Å²) >= 11 is 0. The standard InChI is InChI=1S/C27H39N3O4S/c1-7-22(4)28-27(32)23(5)29(19-24-15-13-20(2)14-16-24)26(31)12-9-17-30(35(6,33)34)25-11-8-10-21(3)18-25/h8,10-11,13-16,18,22-23H,7,9,12,17,19H2,1-6H3,(H,28,32).